The third-order valence-corrected chi connectivity index (χ3v) is 3.05. The highest BCUT2D eigenvalue weighted by Crippen LogP contribution is 2.25. The molecule has 1 aromatic carbocycles. The molecule has 0 unspecified atom stereocenters. The fraction of sp³-hybridized carbons (Fsp3) is 0.571. The van der Waals surface area contributed by atoms with Crippen molar-refractivity contribution in [1.82, 2.24) is 0 Å². The van der Waals surface area contributed by atoms with Crippen molar-refractivity contribution in [2.45, 2.75) is 25.7 Å². The minimum absolute atomic E-state index is 0.0683. The second-order valence-corrected chi connectivity index (χ2v) is 4.32. The van der Waals surface area contributed by atoms with Crippen molar-refractivity contribution in [3.8, 4) is 5.75 Å². The molecule has 0 bridgehead atoms. The third-order valence-electron chi connectivity index (χ3n) is 3.05. The van der Waals surface area contributed by atoms with E-state index in [-0.39, 0.29) is 6.61 Å². The van der Waals surface area contributed by atoms with Gasteiger partial charge in [-0.15, -0.1) is 0 Å². The lowest BCUT2D eigenvalue weighted by molar-refractivity contribution is 0.0705. The fourth-order valence-corrected chi connectivity index (χ4v) is 2.18. The number of benzene rings is 1. The van der Waals surface area contributed by atoms with Gasteiger partial charge in [-0.2, -0.15) is 0 Å². The van der Waals surface area contributed by atoms with Gasteiger partial charge in [0.25, 0.3) is 0 Å². The Labute approximate surface area is 102 Å². The van der Waals surface area contributed by atoms with E-state index >= 15 is 0 Å². The minimum Gasteiger partial charge on any atom is -0.491 e. The van der Waals surface area contributed by atoms with Gasteiger partial charge in [0, 0.05) is 0 Å². The second-order valence-electron chi connectivity index (χ2n) is 4.32. The first-order chi connectivity index (χ1) is 8.40. The second kappa shape index (κ2) is 6.62. The molecule has 1 N–H and O–H groups in total. The van der Waals surface area contributed by atoms with Gasteiger partial charge in [-0.3, -0.25) is 0 Å². The molecule has 0 fully saturated rings. The Morgan fingerprint density at radius 2 is 1.82 bits per heavy atom. The Bertz CT molecular complexity index is 349. The molecular weight excluding hydrogens is 216 g/mol. The first kappa shape index (κ1) is 12.4. The van der Waals surface area contributed by atoms with Gasteiger partial charge < -0.3 is 14.6 Å². The van der Waals surface area contributed by atoms with Gasteiger partial charge in [0.2, 0.25) is 0 Å². The van der Waals surface area contributed by atoms with Crippen LogP contribution >= 0.6 is 0 Å². The molecule has 0 radical (unpaired) electrons. The maximum atomic E-state index is 8.55. The van der Waals surface area contributed by atoms with Crippen LogP contribution in [0.3, 0.4) is 0 Å². The van der Waals surface area contributed by atoms with Crippen molar-refractivity contribution >= 4 is 0 Å². The van der Waals surface area contributed by atoms with Crippen LogP contribution in [0.25, 0.3) is 0 Å². The predicted molar refractivity (Wildman–Crippen MR) is 66.5 cm³/mol. The highest BCUT2D eigenvalue weighted by Gasteiger charge is 2.09. The van der Waals surface area contributed by atoms with Crippen LogP contribution in [0, 0.1) is 0 Å². The summed E-state index contributed by atoms with van der Waals surface area (Å²) in [6.45, 7) is 1.52. The summed E-state index contributed by atoms with van der Waals surface area (Å²) in [6.07, 6.45) is 4.97. The number of aliphatic hydroxyl groups excluding tert-OH is 1. The molecule has 1 aromatic rings. The van der Waals surface area contributed by atoms with Crippen LogP contribution in [0.1, 0.15) is 24.0 Å². The topological polar surface area (TPSA) is 38.7 Å². The van der Waals surface area contributed by atoms with Gasteiger partial charge in [-0.05, 0) is 48.9 Å². The van der Waals surface area contributed by atoms with Crippen molar-refractivity contribution in [3.63, 3.8) is 0 Å². The molecule has 1 aliphatic rings. The van der Waals surface area contributed by atoms with Gasteiger partial charge in [0.15, 0.2) is 0 Å². The van der Waals surface area contributed by atoms with Crippen molar-refractivity contribution in [2.24, 2.45) is 0 Å². The summed E-state index contributed by atoms with van der Waals surface area (Å²) in [5, 5.41) is 8.55. The quantitative estimate of drug-likeness (QED) is 0.767. The maximum Gasteiger partial charge on any atom is 0.119 e. The summed E-state index contributed by atoms with van der Waals surface area (Å²) in [5.41, 5.74) is 2.91. The Hall–Kier alpha value is -1.06. The first-order valence-corrected chi connectivity index (χ1v) is 6.33. The number of rotatable bonds is 6. The zero-order valence-corrected chi connectivity index (χ0v) is 10.2. The zero-order chi connectivity index (χ0) is 11.9. The minimum atomic E-state index is 0.0683. The molecule has 17 heavy (non-hydrogen) atoms. The number of aryl methyl sites for hydroxylation is 2. The molecule has 0 spiro atoms. The summed E-state index contributed by atoms with van der Waals surface area (Å²) in [5.74, 6) is 0.929. The summed E-state index contributed by atoms with van der Waals surface area (Å²) >= 11 is 0. The molecule has 0 aliphatic heterocycles. The number of hydrogen-bond acceptors (Lipinski definition) is 3. The average Bonchev–Trinajstić information content (AvgIpc) is 2.38. The molecule has 0 atom stereocenters. The number of hydrogen-bond donors (Lipinski definition) is 1. The van der Waals surface area contributed by atoms with E-state index in [1.165, 1.54) is 36.8 Å². The molecule has 0 amide bonds. The highest BCUT2D eigenvalue weighted by atomic mass is 16.5. The predicted octanol–water partition coefficient (Wildman–Crippen LogP) is 1.95. The smallest absolute Gasteiger partial charge is 0.119 e. The Kier molecular flexibility index (Phi) is 4.83. The molecule has 0 saturated heterocycles. The van der Waals surface area contributed by atoms with E-state index < -0.39 is 0 Å². The molecule has 1 aliphatic carbocycles. The molecular formula is C14H20O3. The SMILES string of the molecule is OCCOCCOc1ccc2c(c1)CCCC2. The molecule has 2 rings (SSSR count). The highest BCUT2D eigenvalue weighted by molar-refractivity contribution is 5.37. The van der Waals surface area contributed by atoms with Crippen LogP contribution in [0.4, 0.5) is 0 Å². The van der Waals surface area contributed by atoms with Crippen LogP contribution in [0.5, 0.6) is 5.75 Å². The standard InChI is InChI=1S/C14H20O3/c15-7-8-16-9-10-17-14-6-5-12-3-1-2-4-13(12)11-14/h5-6,11,15H,1-4,7-10H2. The fourth-order valence-electron chi connectivity index (χ4n) is 2.18. The van der Waals surface area contributed by atoms with Crippen molar-refractivity contribution < 1.29 is 14.6 Å². The Balaban J connectivity index is 1.81. The van der Waals surface area contributed by atoms with Crippen LogP contribution in [-0.4, -0.2) is 31.5 Å². The van der Waals surface area contributed by atoms with Crippen LogP contribution in [-0.2, 0) is 17.6 Å². The lowest BCUT2D eigenvalue weighted by atomic mass is 9.92. The van der Waals surface area contributed by atoms with E-state index in [0.717, 1.165) is 5.75 Å². The Morgan fingerprint density at radius 1 is 1.00 bits per heavy atom. The molecule has 3 heteroatoms. The summed E-state index contributed by atoms with van der Waals surface area (Å²) in [6, 6.07) is 6.37. The van der Waals surface area contributed by atoms with Gasteiger partial charge in [-0.1, -0.05) is 6.07 Å². The summed E-state index contributed by atoms with van der Waals surface area (Å²) in [4.78, 5) is 0. The molecule has 94 valence electrons. The largest absolute Gasteiger partial charge is 0.491 e. The molecule has 0 aromatic heterocycles. The summed E-state index contributed by atoms with van der Waals surface area (Å²) in [7, 11) is 0. The Morgan fingerprint density at radius 3 is 2.65 bits per heavy atom. The van der Waals surface area contributed by atoms with E-state index in [4.69, 9.17) is 14.6 Å². The first-order valence-electron chi connectivity index (χ1n) is 6.33. The van der Waals surface area contributed by atoms with Gasteiger partial charge in [0.1, 0.15) is 12.4 Å². The zero-order valence-electron chi connectivity index (χ0n) is 10.2. The van der Waals surface area contributed by atoms with Crippen molar-refractivity contribution in [3.05, 3.63) is 29.3 Å². The number of ether oxygens (including phenoxy) is 2. The summed E-state index contributed by atoms with van der Waals surface area (Å²) < 4.78 is 10.8. The van der Waals surface area contributed by atoms with E-state index in [9.17, 15) is 0 Å². The van der Waals surface area contributed by atoms with E-state index in [2.05, 4.69) is 12.1 Å². The molecule has 0 saturated carbocycles. The average molecular weight is 236 g/mol. The van der Waals surface area contributed by atoms with Crippen molar-refractivity contribution in [1.29, 1.82) is 0 Å². The lowest BCUT2D eigenvalue weighted by Crippen LogP contribution is -2.10. The van der Waals surface area contributed by atoms with Crippen LogP contribution in [0.15, 0.2) is 18.2 Å². The maximum absolute atomic E-state index is 8.55. The van der Waals surface area contributed by atoms with Crippen LogP contribution in [0.2, 0.25) is 0 Å². The van der Waals surface area contributed by atoms with Gasteiger partial charge in [0.05, 0.1) is 19.8 Å². The van der Waals surface area contributed by atoms with Crippen LogP contribution < -0.4 is 4.74 Å². The monoisotopic (exact) mass is 236 g/mol. The lowest BCUT2D eigenvalue weighted by Gasteiger charge is -2.16. The number of fused-ring (bicyclic) bond motifs is 1. The van der Waals surface area contributed by atoms with Crippen molar-refractivity contribution in [2.75, 3.05) is 26.4 Å². The number of aliphatic hydroxyl groups is 1. The van der Waals surface area contributed by atoms with E-state index in [0.29, 0.717) is 19.8 Å². The van der Waals surface area contributed by atoms with E-state index in [1.54, 1.807) is 0 Å². The van der Waals surface area contributed by atoms with E-state index in [1.807, 2.05) is 6.07 Å². The normalized spacial score (nSPS) is 14.4. The molecule has 0 heterocycles. The molecule has 3 nitrogen and oxygen atoms in total. The van der Waals surface area contributed by atoms with Gasteiger partial charge in [-0.25, -0.2) is 0 Å². The third kappa shape index (κ3) is 3.72. The van der Waals surface area contributed by atoms with Gasteiger partial charge >= 0.3 is 0 Å².